The summed E-state index contributed by atoms with van der Waals surface area (Å²) in [6.45, 7) is 5.57. The lowest BCUT2D eigenvalue weighted by Gasteiger charge is -2.29. The van der Waals surface area contributed by atoms with Gasteiger partial charge in [0, 0.05) is 24.2 Å². The van der Waals surface area contributed by atoms with Crippen molar-refractivity contribution in [3.8, 4) is 5.75 Å². The quantitative estimate of drug-likeness (QED) is 0.857. The van der Waals surface area contributed by atoms with E-state index in [0.29, 0.717) is 0 Å². The summed E-state index contributed by atoms with van der Waals surface area (Å²) >= 11 is 0. The van der Waals surface area contributed by atoms with E-state index in [1.54, 1.807) is 0 Å². The van der Waals surface area contributed by atoms with Gasteiger partial charge >= 0.3 is 0 Å². The van der Waals surface area contributed by atoms with Gasteiger partial charge in [0.15, 0.2) is 0 Å². The van der Waals surface area contributed by atoms with Gasteiger partial charge in [-0.05, 0) is 38.0 Å². The van der Waals surface area contributed by atoms with Crippen molar-refractivity contribution >= 4 is 5.91 Å². The number of ether oxygens (including phenoxy) is 1. The third kappa shape index (κ3) is 2.71. The molecule has 3 nitrogen and oxygen atoms in total. The zero-order chi connectivity index (χ0) is 15.5. The van der Waals surface area contributed by atoms with Crippen molar-refractivity contribution in [3.05, 3.63) is 65.2 Å². The van der Waals surface area contributed by atoms with E-state index in [9.17, 15) is 4.79 Å². The average molecular weight is 295 g/mol. The maximum absolute atomic E-state index is 12.4. The molecule has 0 fully saturated rings. The molecule has 1 aliphatic heterocycles. The largest absolute Gasteiger partial charge is 0.486 e. The van der Waals surface area contributed by atoms with Crippen LogP contribution in [0.4, 0.5) is 0 Å². The summed E-state index contributed by atoms with van der Waals surface area (Å²) in [5, 5.41) is 0. The molecule has 0 saturated heterocycles. The number of amides is 1. The second-order valence-electron chi connectivity index (χ2n) is 5.59. The Bertz CT molecular complexity index is 666. The molecule has 0 aromatic heterocycles. The topological polar surface area (TPSA) is 29.5 Å². The molecule has 1 heterocycles. The van der Waals surface area contributed by atoms with Crippen molar-refractivity contribution in [1.82, 2.24) is 4.90 Å². The first kappa shape index (κ1) is 14.6. The molecule has 1 amide bonds. The second-order valence-corrected chi connectivity index (χ2v) is 5.59. The molecule has 0 saturated carbocycles. The first-order valence-electron chi connectivity index (χ1n) is 7.83. The first-order chi connectivity index (χ1) is 10.7. The SMILES string of the molecule is CCN1CCc2c(OC(C)c3ccccc3)cccc2C1=O. The first-order valence-corrected chi connectivity index (χ1v) is 7.83. The van der Waals surface area contributed by atoms with Crippen LogP contribution in [0.1, 0.15) is 41.4 Å². The fourth-order valence-electron chi connectivity index (χ4n) is 2.94. The van der Waals surface area contributed by atoms with Crippen LogP contribution in [0.15, 0.2) is 48.5 Å². The number of likely N-dealkylation sites (N-methyl/N-ethyl adjacent to an activating group) is 1. The van der Waals surface area contributed by atoms with E-state index in [1.807, 2.05) is 55.1 Å². The molecule has 0 aliphatic carbocycles. The summed E-state index contributed by atoms with van der Waals surface area (Å²) in [6.07, 6.45) is 0.819. The highest BCUT2D eigenvalue weighted by Gasteiger charge is 2.26. The summed E-state index contributed by atoms with van der Waals surface area (Å²) in [7, 11) is 0. The number of nitrogens with zero attached hydrogens (tertiary/aromatic N) is 1. The summed E-state index contributed by atoms with van der Waals surface area (Å²) in [5.41, 5.74) is 2.96. The minimum atomic E-state index is -0.0352. The standard InChI is InChI=1S/C19H21NO2/c1-3-20-13-12-16-17(19(20)21)10-7-11-18(16)22-14(2)15-8-5-4-6-9-15/h4-11,14H,3,12-13H2,1-2H3. The predicted octanol–water partition coefficient (Wildman–Crippen LogP) is 3.84. The van der Waals surface area contributed by atoms with Crippen molar-refractivity contribution in [2.75, 3.05) is 13.1 Å². The molecular weight excluding hydrogens is 274 g/mol. The Kier molecular flexibility index (Phi) is 4.14. The molecule has 3 heteroatoms. The lowest BCUT2D eigenvalue weighted by Crippen LogP contribution is -2.37. The highest BCUT2D eigenvalue weighted by Crippen LogP contribution is 2.31. The zero-order valence-electron chi connectivity index (χ0n) is 13.1. The molecular formula is C19H21NO2. The van der Waals surface area contributed by atoms with Gasteiger partial charge in [0.1, 0.15) is 11.9 Å². The van der Waals surface area contributed by atoms with Crippen molar-refractivity contribution < 1.29 is 9.53 Å². The van der Waals surface area contributed by atoms with Crippen LogP contribution in [0.2, 0.25) is 0 Å². The van der Waals surface area contributed by atoms with E-state index >= 15 is 0 Å². The van der Waals surface area contributed by atoms with Gasteiger partial charge in [-0.15, -0.1) is 0 Å². The fourth-order valence-corrected chi connectivity index (χ4v) is 2.94. The number of hydrogen-bond donors (Lipinski definition) is 0. The second kappa shape index (κ2) is 6.22. The Morgan fingerprint density at radius 1 is 1.14 bits per heavy atom. The Balaban J connectivity index is 1.87. The molecule has 0 bridgehead atoms. The maximum Gasteiger partial charge on any atom is 0.254 e. The van der Waals surface area contributed by atoms with Crippen LogP contribution in [0.5, 0.6) is 5.75 Å². The van der Waals surface area contributed by atoms with Gasteiger partial charge in [-0.1, -0.05) is 36.4 Å². The molecule has 22 heavy (non-hydrogen) atoms. The highest BCUT2D eigenvalue weighted by atomic mass is 16.5. The fraction of sp³-hybridized carbons (Fsp3) is 0.316. The Hall–Kier alpha value is -2.29. The van der Waals surface area contributed by atoms with Crippen LogP contribution < -0.4 is 4.74 Å². The third-order valence-electron chi connectivity index (χ3n) is 4.24. The van der Waals surface area contributed by atoms with E-state index < -0.39 is 0 Å². The van der Waals surface area contributed by atoms with Crippen molar-refractivity contribution in [1.29, 1.82) is 0 Å². The molecule has 0 spiro atoms. The normalized spacial score (nSPS) is 15.4. The minimum absolute atomic E-state index is 0.0352. The van der Waals surface area contributed by atoms with Crippen LogP contribution >= 0.6 is 0 Å². The predicted molar refractivity (Wildman–Crippen MR) is 87.2 cm³/mol. The van der Waals surface area contributed by atoms with Crippen LogP contribution in [-0.4, -0.2) is 23.9 Å². The van der Waals surface area contributed by atoms with Crippen LogP contribution in [-0.2, 0) is 6.42 Å². The van der Waals surface area contributed by atoms with Gasteiger partial charge in [-0.3, -0.25) is 4.79 Å². The molecule has 1 unspecified atom stereocenters. The number of rotatable bonds is 4. The Morgan fingerprint density at radius 3 is 2.64 bits per heavy atom. The molecule has 1 atom stereocenters. The minimum Gasteiger partial charge on any atom is -0.486 e. The van der Waals surface area contributed by atoms with Crippen LogP contribution in [0.25, 0.3) is 0 Å². The van der Waals surface area contributed by atoms with Gasteiger partial charge in [-0.2, -0.15) is 0 Å². The van der Waals surface area contributed by atoms with Crippen LogP contribution in [0.3, 0.4) is 0 Å². The van der Waals surface area contributed by atoms with Crippen molar-refractivity contribution in [2.24, 2.45) is 0 Å². The van der Waals surface area contributed by atoms with Crippen LogP contribution in [0, 0.1) is 0 Å². The highest BCUT2D eigenvalue weighted by molar-refractivity contribution is 5.97. The molecule has 114 valence electrons. The number of hydrogen-bond acceptors (Lipinski definition) is 2. The van der Waals surface area contributed by atoms with E-state index in [4.69, 9.17) is 4.74 Å². The van der Waals surface area contributed by atoms with E-state index in [2.05, 4.69) is 12.1 Å². The van der Waals surface area contributed by atoms with Gasteiger partial charge in [0.05, 0.1) is 0 Å². The monoisotopic (exact) mass is 295 g/mol. The van der Waals surface area contributed by atoms with Crippen molar-refractivity contribution in [3.63, 3.8) is 0 Å². The lowest BCUT2D eigenvalue weighted by molar-refractivity contribution is 0.0746. The summed E-state index contributed by atoms with van der Waals surface area (Å²) in [5.74, 6) is 0.944. The van der Waals surface area contributed by atoms with Gasteiger partial charge in [-0.25, -0.2) is 0 Å². The van der Waals surface area contributed by atoms with Gasteiger partial charge < -0.3 is 9.64 Å². The zero-order valence-corrected chi connectivity index (χ0v) is 13.1. The molecule has 2 aromatic carbocycles. The number of carbonyl (C=O) groups excluding carboxylic acids is 1. The molecule has 0 radical (unpaired) electrons. The maximum atomic E-state index is 12.4. The smallest absolute Gasteiger partial charge is 0.254 e. The van der Waals surface area contributed by atoms with E-state index in [1.165, 1.54) is 0 Å². The summed E-state index contributed by atoms with van der Waals surface area (Å²) in [4.78, 5) is 14.3. The third-order valence-corrected chi connectivity index (χ3v) is 4.24. The Labute approximate surface area is 131 Å². The molecule has 3 rings (SSSR count). The lowest BCUT2D eigenvalue weighted by atomic mass is 9.98. The van der Waals surface area contributed by atoms with E-state index in [-0.39, 0.29) is 12.0 Å². The number of fused-ring (bicyclic) bond motifs is 1. The van der Waals surface area contributed by atoms with Gasteiger partial charge in [0.25, 0.3) is 5.91 Å². The molecule has 0 N–H and O–H groups in total. The molecule has 2 aromatic rings. The number of benzene rings is 2. The average Bonchev–Trinajstić information content (AvgIpc) is 2.56. The summed E-state index contributed by atoms with van der Waals surface area (Å²) < 4.78 is 6.15. The van der Waals surface area contributed by atoms with Gasteiger partial charge in [0.2, 0.25) is 0 Å². The number of carbonyl (C=O) groups is 1. The van der Waals surface area contributed by atoms with E-state index in [0.717, 1.165) is 42.0 Å². The summed E-state index contributed by atoms with van der Waals surface area (Å²) in [6, 6.07) is 15.9. The Morgan fingerprint density at radius 2 is 1.91 bits per heavy atom. The molecule has 1 aliphatic rings. The van der Waals surface area contributed by atoms with Crippen molar-refractivity contribution in [2.45, 2.75) is 26.4 Å².